The number of sulfonamides is 1. The van der Waals surface area contributed by atoms with Gasteiger partial charge >= 0.3 is 0 Å². The lowest BCUT2D eigenvalue weighted by Crippen LogP contribution is -2.49. The number of hydrogen-bond donors (Lipinski definition) is 0. The van der Waals surface area contributed by atoms with E-state index in [2.05, 4.69) is 25.0 Å². The maximum absolute atomic E-state index is 13.0. The molecule has 0 amide bonds. The minimum Gasteiger partial charge on any atom is -0.360 e. The Kier molecular flexibility index (Phi) is 4.87. The van der Waals surface area contributed by atoms with Gasteiger partial charge in [-0.05, 0) is 27.7 Å². The lowest BCUT2D eigenvalue weighted by molar-refractivity contribution is 0.377. The average molecular weight is 417 g/mol. The van der Waals surface area contributed by atoms with Crippen molar-refractivity contribution in [2.75, 3.05) is 31.1 Å². The Morgan fingerprint density at radius 3 is 2.21 bits per heavy atom. The molecule has 0 unspecified atom stereocenters. The molecule has 1 fully saturated rings. The highest BCUT2D eigenvalue weighted by atomic mass is 32.2. The van der Waals surface area contributed by atoms with Crippen molar-refractivity contribution in [1.29, 1.82) is 0 Å². The first-order valence-corrected chi connectivity index (χ1v) is 10.7. The SMILES string of the molecule is Cc1noc(C)c1S(=O)(=O)N1CCN(c2cc(-n3cnc(C)c3C)ncn2)CC1. The molecule has 0 N–H and O–H groups in total. The van der Waals surface area contributed by atoms with Gasteiger partial charge in [0.1, 0.15) is 34.9 Å². The number of anilines is 1. The van der Waals surface area contributed by atoms with Gasteiger partial charge in [-0.1, -0.05) is 5.16 Å². The molecule has 0 saturated carbocycles. The van der Waals surface area contributed by atoms with Crippen LogP contribution in [0.15, 0.2) is 28.1 Å². The number of hydrogen-bond acceptors (Lipinski definition) is 8. The van der Waals surface area contributed by atoms with E-state index < -0.39 is 10.0 Å². The maximum Gasteiger partial charge on any atom is 0.248 e. The number of aromatic nitrogens is 5. The van der Waals surface area contributed by atoms with Crippen LogP contribution in [0.5, 0.6) is 0 Å². The molecule has 0 bridgehead atoms. The van der Waals surface area contributed by atoms with Gasteiger partial charge in [0.2, 0.25) is 10.0 Å². The van der Waals surface area contributed by atoms with Gasteiger partial charge in [0, 0.05) is 37.9 Å². The Morgan fingerprint density at radius 2 is 1.62 bits per heavy atom. The molecule has 0 aromatic carbocycles. The third kappa shape index (κ3) is 3.40. The standard InChI is InChI=1S/C18H23N7O3S/c1-12-14(3)25(11-21-12)17-9-16(19-10-20-17)23-5-7-24(8-6-23)29(26,27)18-13(2)22-28-15(18)4/h9-11H,5-8H2,1-4H3. The topological polar surface area (TPSA) is 110 Å². The van der Waals surface area contributed by atoms with Crippen molar-refractivity contribution < 1.29 is 12.9 Å². The van der Waals surface area contributed by atoms with E-state index in [1.807, 2.05) is 24.5 Å². The first-order valence-electron chi connectivity index (χ1n) is 9.30. The van der Waals surface area contributed by atoms with E-state index in [9.17, 15) is 8.42 Å². The van der Waals surface area contributed by atoms with Gasteiger partial charge in [-0.15, -0.1) is 0 Å². The molecule has 1 aliphatic rings. The van der Waals surface area contributed by atoms with E-state index in [0.717, 1.165) is 23.0 Å². The zero-order valence-corrected chi connectivity index (χ0v) is 17.6. The fraction of sp³-hybridized carbons (Fsp3) is 0.444. The van der Waals surface area contributed by atoms with Crippen LogP contribution in [0.1, 0.15) is 22.8 Å². The Bertz CT molecular complexity index is 1120. The predicted molar refractivity (Wildman–Crippen MR) is 106 cm³/mol. The van der Waals surface area contributed by atoms with Crippen LogP contribution >= 0.6 is 0 Å². The van der Waals surface area contributed by atoms with Crippen LogP contribution in [-0.4, -0.2) is 63.6 Å². The molecule has 0 atom stereocenters. The molecular formula is C18H23N7O3S. The summed E-state index contributed by atoms with van der Waals surface area (Å²) in [5.41, 5.74) is 2.35. The van der Waals surface area contributed by atoms with Crippen molar-refractivity contribution in [3.05, 3.63) is 41.6 Å². The fourth-order valence-electron chi connectivity index (χ4n) is 3.50. The number of imidazole rings is 1. The maximum atomic E-state index is 13.0. The summed E-state index contributed by atoms with van der Waals surface area (Å²) < 4.78 is 34.4. The summed E-state index contributed by atoms with van der Waals surface area (Å²) in [4.78, 5) is 15.3. The summed E-state index contributed by atoms with van der Waals surface area (Å²) in [6.07, 6.45) is 3.26. The summed E-state index contributed by atoms with van der Waals surface area (Å²) in [5.74, 6) is 1.81. The second-order valence-electron chi connectivity index (χ2n) is 7.06. The molecule has 29 heavy (non-hydrogen) atoms. The molecule has 1 saturated heterocycles. The Labute approximate surface area is 169 Å². The summed E-state index contributed by atoms with van der Waals surface area (Å²) in [5, 5.41) is 3.77. The first kappa shape index (κ1) is 19.5. The van der Waals surface area contributed by atoms with E-state index in [-0.39, 0.29) is 4.90 Å². The van der Waals surface area contributed by atoms with Crippen LogP contribution in [0.25, 0.3) is 5.82 Å². The fourth-order valence-corrected chi connectivity index (χ4v) is 5.21. The summed E-state index contributed by atoms with van der Waals surface area (Å²) in [7, 11) is -3.63. The largest absolute Gasteiger partial charge is 0.360 e. The molecule has 11 heteroatoms. The summed E-state index contributed by atoms with van der Waals surface area (Å²) in [6, 6.07) is 1.90. The van der Waals surface area contributed by atoms with Crippen LogP contribution < -0.4 is 4.90 Å². The first-order chi connectivity index (χ1) is 13.8. The zero-order valence-electron chi connectivity index (χ0n) is 16.8. The van der Waals surface area contributed by atoms with Gasteiger partial charge in [0.15, 0.2) is 5.76 Å². The van der Waals surface area contributed by atoms with Crippen molar-refractivity contribution >= 4 is 15.8 Å². The zero-order chi connectivity index (χ0) is 20.8. The molecule has 0 aliphatic carbocycles. The highest BCUT2D eigenvalue weighted by molar-refractivity contribution is 7.89. The molecular weight excluding hydrogens is 394 g/mol. The minimum atomic E-state index is -3.63. The second kappa shape index (κ2) is 7.23. The minimum absolute atomic E-state index is 0.168. The normalized spacial score (nSPS) is 15.8. The van der Waals surface area contributed by atoms with Crippen LogP contribution in [0.4, 0.5) is 5.82 Å². The molecule has 3 aromatic rings. The second-order valence-corrected chi connectivity index (χ2v) is 8.94. The monoisotopic (exact) mass is 417 g/mol. The van der Waals surface area contributed by atoms with Crippen LogP contribution in [0.2, 0.25) is 0 Å². The van der Waals surface area contributed by atoms with Crippen molar-refractivity contribution in [3.8, 4) is 5.82 Å². The highest BCUT2D eigenvalue weighted by Gasteiger charge is 2.33. The Balaban J connectivity index is 1.52. The van der Waals surface area contributed by atoms with E-state index in [0.29, 0.717) is 37.6 Å². The number of nitrogens with zero attached hydrogens (tertiary/aromatic N) is 7. The van der Waals surface area contributed by atoms with Crippen LogP contribution in [-0.2, 0) is 10.0 Å². The van der Waals surface area contributed by atoms with E-state index in [4.69, 9.17) is 4.52 Å². The molecule has 10 nitrogen and oxygen atoms in total. The summed E-state index contributed by atoms with van der Waals surface area (Å²) in [6.45, 7) is 8.97. The number of piperazine rings is 1. The number of rotatable bonds is 4. The molecule has 4 heterocycles. The van der Waals surface area contributed by atoms with E-state index in [1.54, 1.807) is 20.2 Å². The molecule has 3 aromatic heterocycles. The van der Waals surface area contributed by atoms with Gasteiger partial charge in [-0.2, -0.15) is 4.31 Å². The average Bonchev–Trinajstić information content (AvgIpc) is 3.23. The van der Waals surface area contributed by atoms with Gasteiger partial charge in [-0.25, -0.2) is 23.4 Å². The van der Waals surface area contributed by atoms with E-state index in [1.165, 1.54) is 10.6 Å². The van der Waals surface area contributed by atoms with Gasteiger partial charge in [-0.3, -0.25) is 4.57 Å². The Morgan fingerprint density at radius 1 is 0.931 bits per heavy atom. The molecule has 1 aliphatic heterocycles. The number of aryl methyl sites for hydroxylation is 3. The van der Waals surface area contributed by atoms with Gasteiger partial charge in [0.05, 0.1) is 5.69 Å². The predicted octanol–water partition coefficient (Wildman–Crippen LogP) is 1.39. The summed E-state index contributed by atoms with van der Waals surface area (Å²) >= 11 is 0. The molecule has 154 valence electrons. The lowest BCUT2D eigenvalue weighted by atomic mass is 10.3. The van der Waals surface area contributed by atoms with Crippen molar-refractivity contribution in [2.24, 2.45) is 0 Å². The third-order valence-electron chi connectivity index (χ3n) is 5.27. The van der Waals surface area contributed by atoms with Crippen LogP contribution in [0, 0.1) is 27.7 Å². The lowest BCUT2D eigenvalue weighted by Gasteiger charge is -2.34. The highest BCUT2D eigenvalue weighted by Crippen LogP contribution is 2.25. The molecule has 4 rings (SSSR count). The van der Waals surface area contributed by atoms with Crippen molar-refractivity contribution in [3.63, 3.8) is 0 Å². The molecule has 0 radical (unpaired) electrons. The smallest absolute Gasteiger partial charge is 0.248 e. The Hall–Kier alpha value is -2.79. The van der Waals surface area contributed by atoms with Gasteiger partial charge < -0.3 is 9.42 Å². The third-order valence-corrected chi connectivity index (χ3v) is 7.41. The van der Waals surface area contributed by atoms with Crippen LogP contribution in [0.3, 0.4) is 0 Å². The quantitative estimate of drug-likeness (QED) is 0.626. The van der Waals surface area contributed by atoms with Gasteiger partial charge in [0.25, 0.3) is 0 Å². The molecule has 0 spiro atoms. The van der Waals surface area contributed by atoms with Crippen molar-refractivity contribution in [1.82, 2.24) is 29.0 Å². The van der Waals surface area contributed by atoms with E-state index >= 15 is 0 Å². The van der Waals surface area contributed by atoms with Crippen molar-refractivity contribution in [2.45, 2.75) is 32.6 Å².